The molecule has 46 heavy (non-hydrogen) atoms. The number of carbonyl (C=O) groups is 5. The van der Waals surface area contributed by atoms with Crippen molar-refractivity contribution in [3.8, 4) is 11.5 Å². The lowest BCUT2D eigenvalue weighted by molar-refractivity contribution is -0.139. The van der Waals surface area contributed by atoms with Crippen LogP contribution in [0.2, 0.25) is 0 Å². The van der Waals surface area contributed by atoms with Crippen molar-refractivity contribution in [1.29, 1.82) is 0 Å². The second-order valence-corrected chi connectivity index (χ2v) is 11.4. The summed E-state index contributed by atoms with van der Waals surface area (Å²) in [6, 6.07) is 5.62. The molecule has 0 aromatic heterocycles. The Kier molecular flexibility index (Phi) is 12.3. The van der Waals surface area contributed by atoms with Crippen molar-refractivity contribution in [2.24, 2.45) is 16.6 Å². The van der Waals surface area contributed by atoms with E-state index in [0.717, 1.165) is 0 Å². The molecule has 0 aliphatic carbocycles. The Morgan fingerprint density at radius 1 is 0.848 bits per heavy atom. The first-order chi connectivity index (χ1) is 21.7. The van der Waals surface area contributed by atoms with Crippen LogP contribution in [-0.4, -0.2) is 87.6 Å². The number of nitrogens with one attached hydrogen (secondary N) is 5. The van der Waals surface area contributed by atoms with E-state index in [-0.39, 0.29) is 49.0 Å². The Hall–Kier alpha value is -5.34. The van der Waals surface area contributed by atoms with E-state index in [0.29, 0.717) is 11.1 Å². The number of benzene rings is 2. The van der Waals surface area contributed by atoms with Gasteiger partial charge in [-0.3, -0.25) is 19.4 Å². The molecule has 1 heterocycles. The SMILES string of the molecule is CC(=O)[C@H](Cc1ccc(O)cc1)NC(=O)[C@@H](NC(=O)[C@@H](NC(=O)N[C@@H](Cc1ccc(O)cc1)C(=O)O)[C@@H]1CCN=C(N)N1)C(C)C. The maximum absolute atomic E-state index is 13.7. The van der Waals surface area contributed by atoms with E-state index in [1.807, 2.05) is 0 Å². The van der Waals surface area contributed by atoms with Crippen molar-refractivity contribution in [3.63, 3.8) is 0 Å². The van der Waals surface area contributed by atoms with Crippen LogP contribution in [0.15, 0.2) is 53.5 Å². The van der Waals surface area contributed by atoms with Gasteiger partial charge in [0.25, 0.3) is 0 Å². The van der Waals surface area contributed by atoms with E-state index < -0.39 is 59.9 Å². The quantitative estimate of drug-likeness (QED) is 0.133. The zero-order valence-corrected chi connectivity index (χ0v) is 25.8. The summed E-state index contributed by atoms with van der Waals surface area (Å²) in [6.45, 7) is 4.99. The number of aliphatic imine (C=N–C) groups is 1. The molecule has 5 atom stereocenters. The molecule has 1 aliphatic rings. The number of phenols is 2. The van der Waals surface area contributed by atoms with Gasteiger partial charge in [0.05, 0.1) is 12.1 Å². The van der Waals surface area contributed by atoms with Gasteiger partial charge in [-0.15, -0.1) is 0 Å². The van der Waals surface area contributed by atoms with Gasteiger partial charge >= 0.3 is 12.0 Å². The fourth-order valence-corrected chi connectivity index (χ4v) is 4.84. The highest BCUT2D eigenvalue weighted by Gasteiger charge is 2.36. The zero-order chi connectivity index (χ0) is 34.0. The van der Waals surface area contributed by atoms with Crippen LogP contribution in [0.4, 0.5) is 4.79 Å². The first-order valence-corrected chi connectivity index (χ1v) is 14.8. The van der Waals surface area contributed by atoms with Crippen LogP contribution in [-0.2, 0) is 32.0 Å². The minimum Gasteiger partial charge on any atom is -0.508 e. The monoisotopic (exact) mass is 639 g/mol. The maximum atomic E-state index is 13.7. The molecule has 0 fully saturated rings. The Morgan fingerprint density at radius 2 is 1.39 bits per heavy atom. The zero-order valence-electron chi connectivity index (χ0n) is 25.8. The first-order valence-electron chi connectivity index (χ1n) is 14.8. The van der Waals surface area contributed by atoms with Crippen LogP contribution in [0.5, 0.6) is 11.5 Å². The van der Waals surface area contributed by atoms with Crippen molar-refractivity contribution in [2.75, 3.05) is 6.54 Å². The molecule has 0 saturated heterocycles. The molecular formula is C31H41N7O8. The number of hydrogen-bond acceptors (Lipinski definition) is 10. The van der Waals surface area contributed by atoms with Crippen LogP contribution in [0, 0.1) is 5.92 Å². The van der Waals surface area contributed by atoms with Gasteiger partial charge in [0.15, 0.2) is 11.7 Å². The van der Waals surface area contributed by atoms with Crippen LogP contribution in [0.3, 0.4) is 0 Å². The predicted molar refractivity (Wildman–Crippen MR) is 168 cm³/mol. The van der Waals surface area contributed by atoms with Crippen LogP contribution in [0.25, 0.3) is 0 Å². The number of phenolic OH excluding ortho intramolecular Hbond substituents is 2. The number of carbonyl (C=O) groups excluding carboxylic acids is 4. The van der Waals surface area contributed by atoms with E-state index in [2.05, 4.69) is 31.6 Å². The van der Waals surface area contributed by atoms with E-state index in [1.165, 1.54) is 43.3 Å². The lowest BCUT2D eigenvalue weighted by atomic mass is 9.98. The molecule has 3 rings (SSSR count). The van der Waals surface area contributed by atoms with E-state index in [9.17, 15) is 39.3 Å². The average Bonchev–Trinajstić information content (AvgIpc) is 2.99. The lowest BCUT2D eigenvalue weighted by Gasteiger charge is -2.32. The number of rotatable bonds is 14. The number of urea groups is 1. The van der Waals surface area contributed by atoms with Crippen LogP contribution in [0.1, 0.15) is 38.3 Å². The highest BCUT2D eigenvalue weighted by molar-refractivity contribution is 5.95. The second-order valence-electron chi connectivity index (χ2n) is 11.4. The number of aromatic hydroxyl groups is 2. The number of Topliss-reactive ketones (excluding diaryl/α,β-unsaturated/α-hetero) is 1. The molecule has 248 valence electrons. The van der Waals surface area contributed by atoms with Gasteiger partial charge in [0.1, 0.15) is 29.6 Å². The van der Waals surface area contributed by atoms with Gasteiger partial charge in [-0.05, 0) is 61.1 Å². The van der Waals surface area contributed by atoms with Crippen molar-refractivity contribution >= 4 is 35.6 Å². The summed E-state index contributed by atoms with van der Waals surface area (Å²) in [5.41, 5.74) is 7.08. The van der Waals surface area contributed by atoms with Crippen LogP contribution >= 0.6 is 0 Å². The molecule has 0 bridgehead atoms. The summed E-state index contributed by atoms with van der Waals surface area (Å²) in [7, 11) is 0. The summed E-state index contributed by atoms with van der Waals surface area (Å²) in [5, 5.41) is 41.9. The third-order valence-electron chi connectivity index (χ3n) is 7.44. The van der Waals surface area contributed by atoms with E-state index in [4.69, 9.17) is 5.73 Å². The maximum Gasteiger partial charge on any atom is 0.326 e. The molecule has 4 amide bonds. The topological polar surface area (TPSA) is 245 Å². The smallest absolute Gasteiger partial charge is 0.326 e. The molecule has 1 aliphatic heterocycles. The Balaban J connectivity index is 1.75. The molecule has 2 aromatic carbocycles. The Bertz CT molecular complexity index is 1430. The largest absolute Gasteiger partial charge is 0.508 e. The average molecular weight is 640 g/mol. The van der Waals surface area contributed by atoms with Crippen molar-refractivity contribution < 1.29 is 39.3 Å². The molecule has 0 unspecified atom stereocenters. The summed E-state index contributed by atoms with van der Waals surface area (Å²) in [6.07, 6.45) is 0.342. The minimum atomic E-state index is -1.37. The number of ketones is 1. The molecule has 0 saturated carbocycles. The third kappa shape index (κ3) is 10.4. The molecule has 10 N–H and O–H groups in total. The molecular weight excluding hydrogens is 598 g/mol. The normalized spacial score (nSPS) is 16.9. The van der Waals surface area contributed by atoms with Gasteiger partial charge in [-0.2, -0.15) is 0 Å². The number of nitrogens with zero attached hydrogens (tertiary/aromatic N) is 1. The molecule has 15 heteroatoms. The number of carboxylic acid groups (broad SMARTS) is 1. The molecule has 2 aromatic rings. The molecule has 15 nitrogen and oxygen atoms in total. The summed E-state index contributed by atoms with van der Waals surface area (Å²) in [4.78, 5) is 68.6. The van der Waals surface area contributed by atoms with Crippen LogP contribution < -0.4 is 32.3 Å². The summed E-state index contributed by atoms with van der Waals surface area (Å²) < 4.78 is 0. The Labute approximate surface area is 266 Å². The number of carboxylic acids is 1. The van der Waals surface area contributed by atoms with Gasteiger partial charge in [0, 0.05) is 13.0 Å². The van der Waals surface area contributed by atoms with Crippen molar-refractivity contribution in [2.45, 2.75) is 70.2 Å². The first kappa shape index (κ1) is 35.1. The number of hydrogen-bond donors (Lipinski definition) is 9. The fourth-order valence-electron chi connectivity index (χ4n) is 4.84. The van der Waals surface area contributed by atoms with E-state index in [1.54, 1.807) is 26.0 Å². The standard InChI is InChI=1S/C31H41N7O8/c1-16(2)25(27(42)34-23(17(3)39)14-18-4-8-20(40)9-5-18)37-28(43)26(22-12-13-33-30(32)35-22)38-31(46)36-24(29(44)45)15-19-6-10-21(41)11-7-19/h4-11,16,22-26,40-41H,12-15H2,1-3H3,(H,34,42)(H,37,43)(H,44,45)(H3,32,33,35)(H2,36,38,46)/t22-,23-,24-,25-,26-/m0/s1. The number of guanidine groups is 1. The number of aliphatic carboxylic acids is 1. The van der Waals surface area contributed by atoms with Gasteiger partial charge in [-0.1, -0.05) is 38.1 Å². The summed E-state index contributed by atoms with van der Waals surface area (Å²) in [5.74, 6) is -3.34. The Morgan fingerprint density at radius 3 is 1.87 bits per heavy atom. The van der Waals surface area contributed by atoms with Gasteiger partial charge in [-0.25, -0.2) is 9.59 Å². The fraction of sp³-hybridized carbons (Fsp3) is 0.419. The minimum absolute atomic E-state index is 0.000477. The van der Waals surface area contributed by atoms with E-state index >= 15 is 0 Å². The summed E-state index contributed by atoms with van der Waals surface area (Å²) >= 11 is 0. The number of amides is 4. The third-order valence-corrected chi connectivity index (χ3v) is 7.44. The highest BCUT2D eigenvalue weighted by atomic mass is 16.4. The lowest BCUT2D eigenvalue weighted by Crippen LogP contribution is -2.65. The van der Waals surface area contributed by atoms with Crippen molar-refractivity contribution in [3.05, 3.63) is 59.7 Å². The second kappa shape index (κ2) is 16.1. The molecule has 0 radical (unpaired) electrons. The molecule has 0 spiro atoms. The number of nitrogens with two attached hydrogens (primary N) is 1. The van der Waals surface area contributed by atoms with Gasteiger partial charge < -0.3 is 47.6 Å². The predicted octanol–water partition coefficient (Wildman–Crippen LogP) is -0.105. The highest BCUT2D eigenvalue weighted by Crippen LogP contribution is 2.14. The van der Waals surface area contributed by atoms with Crippen molar-refractivity contribution in [1.82, 2.24) is 26.6 Å². The van der Waals surface area contributed by atoms with Gasteiger partial charge in [0.2, 0.25) is 11.8 Å².